The van der Waals surface area contributed by atoms with Crippen molar-refractivity contribution in [3.63, 3.8) is 0 Å². The molecule has 1 heterocycles. The molecule has 1 saturated heterocycles. The van der Waals surface area contributed by atoms with Crippen molar-refractivity contribution in [1.29, 1.82) is 0 Å². The Bertz CT molecular complexity index is 148. The van der Waals surface area contributed by atoms with Crippen LogP contribution in [0.4, 0.5) is 0 Å². The second-order valence-electron chi connectivity index (χ2n) is 4.62. The van der Waals surface area contributed by atoms with Gasteiger partial charge in [-0.15, -0.1) is 0 Å². The van der Waals surface area contributed by atoms with E-state index in [0.717, 1.165) is 32.8 Å². The first-order chi connectivity index (χ1) is 6.68. The molecule has 0 saturated carbocycles. The van der Waals surface area contributed by atoms with E-state index in [1.54, 1.807) is 7.11 Å². The lowest BCUT2D eigenvalue weighted by Gasteiger charge is -2.37. The van der Waals surface area contributed by atoms with Crippen LogP contribution in [0.2, 0.25) is 0 Å². The van der Waals surface area contributed by atoms with Crippen molar-refractivity contribution in [3.05, 3.63) is 0 Å². The fourth-order valence-electron chi connectivity index (χ4n) is 1.94. The summed E-state index contributed by atoms with van der Waals surface area (Å²) in [4.78, 5) is 0. The SMILES string of the molecule is COCC1(CNC(C)C)CCCOC1. The summed E-state index contributed by atoms with van der Waals surface area (Å²) >= 11 is 0. The average molecular weight is 201 g/mol. The minimum atomic E-state index is 0.206. The van der Waals surface area contributed by atoms with Gasteiger partial charge >= 0.3 is 0 Å². The van der Waals surface area contributed by atoms with Gasteiger partial charge in [0.2, 0.25) is 0 Å². The van der Waals surface area contributed by atoms with Crippen LogP contribution in [0.1, 0.15) is 26.7 Å². The van der Waals surface area contributed by atoms with E-state index in [0.29, 0.717) is 6.04 Å². The summed E-state index contributed by atoms with van der Waals surface area (Å²) in [5.41, 5.74) is 0.206. The molecule has 1 atom stereocenters. The molecule has 1 unspecified atom stereocenters. The van der Waals surface area contributed by atoms with Gasteiger partial charge in [-0.05, 0) is 12.8 Å². The molecule has 1 aliphatic rings. The van der Waals surface area contributed by atoms with Crippen LogP contribution in [0.3, 0.4) is 0 Å². The van der Waals surface area contributed by atoms with E-state index in [1.165, 1.54) is 6.42 Å². The van der Waals surface area contributed by atoms with Gasteiger partial charge < -0.3 is 14.8 Å². The molecule has 0 aromatic rings. The zero-order valence-electron chi connectivity index (χ0n) is 9.64. The fraction of sp³-hybridized carbons (Fsp3) is 1.00. The predicted molar refractivity (Wildman–Crippen MR) is 57.5 cm³/mol. The third kappa shape index (κ3) is 3.56. The highest BCUT2D eigenvalue weighted by Crippen LogP contribution is 2.28. The molecule has 84 valence electrons. The first kappa shape index (κ1) is 12.0. The highest BCUT2D eigenvalue weighted by molar-refractivity contribution is 4.84. The predicted octanol–water partition coefficient (Wildman–Crippen LogP) is 1.43. The standard InChI is InChI=1S/C11H23NO2/c1-10(2)12-7-11(8-13-3)5-4-6-14-9-11/h10,12H,4-9H2,1-3H3. The van der Waals surface area contributed by atoms with E-state index in [-0.39, 0.29) is 5.41 Å². The number of hydrogen-bond donors (Lipinski definition) is 1. The summed E-state index contributed by atoms with van der Waals surface area (Å²) in [6, 6.07) is 0.533. The molecule has 3 heteroatoms. The Morgan fingerprint density at radius 2 is 2.29 bits per heavy atom. The van der Waals surface area contributed by atoms with Gasteiger partial charge in [-0.1, -0.05) is 13.8 Å². The number of hydrogen-bond acceptors (Lipinski definition) is 3. The fourth-order valence-corrected chi connectivity index (χ4v) is 1.94. The molecule has 0 radical (unpaired) electrons. The van der Waals surface area contributed by atoms with Crippen LogP contribution in [0.25, 0.3) is 0 Å². The highest BCUT2D eigenvalue weighted by Gasteiger charge is 2.32. The lowest BCUT2D eigenvalue weighted by Crippen LogP contribution is -2.45. The normalized spacial score (nSPS) is 28.3. The average Bonchev–Trinajstić information content (AvgIpc) is 2.17. The maximum atomic E-state index is 5.55. The topological polar surface area (TPSA) is 30.5 Å². The molecule has 0 aliphatic carbocycles. The molecule has 0 aromatic carbocycles. The molecule has 0 amide bonds. The van der Waals surface area contributed by atoms with E-state index in [1.807, 2.05) is 0 Å². The van der Waals surface area contributed by atoms with Gasteiger partial charge in [0.25, 0.3) is 0 Å². The largest absolute Gasteiger partial charge is 0.384 e. The molecular formula is C11H23NO2. The van der Waals surface area contributed by atoms with Crippen molar-refractivity contribution < 1.29 is 9.47 Å². The highest BCUT2D eigenvalue weighted by atomic mass is 16.5. The molecule has 14 heavy (non-hydrogen) atoms. The van der Waals surface area contributed by atoms with Gasteiger partial charge in [-0.25, -0.2) is 0 Å². The molecule has 0 aromatic heterocycles. The van der Waals surface area contributed by atoms with Gasteiger partial charge in [0.1, 0.15) is 0 Å². The summed E-state index contributed by atoms with van der Waals surface area (Å²) < 4.78 is 10.8. The number of rotatable bonds is 5. The van der Waals surface area contributed by atoms with Gasteiger partial charge in [-0.2, -0.15) is 0 Å². The van der Waals surface area contributed by atoms with Gasteiger partial charge in [0, 0.05) is 31.7 Å². The first-order valence-corrected chi connectivity index (χ1v) is 5.49. The zero-order valence-corrected chi connectivity index (χ0v) is 9.64. The summed E-state index contributed by atoms with van der Waals surface area (Å²) in [7, 11) is 1.77. The Morgan fingerprint density at radius 3 is 2.79 bits per heavy atom. The molecular weight excluding hydrogens is 178 g/mol. The third-order valence-corrected chi connectivity index (χ3v) is 2.74. The maximum Gasteiger partial charge on any atom is 0.0556 e. The van der Waals surface area contributed by atoms with Crippen LogP contribution in [0.5, 0.6) is 0 Å². The van der Waals surface area contributed by atoms with Crippen molar-refractivity contribution in [3.8, 4) is 0 Å². The zero-order chi connectivity index (χ0) is 10.4. The molecule has 1 fully saturated rings. The van der Waals surface area contributed by atoms with Crippen LogP contribution >= 0.6 is 0 Å². The van der Waals surface area contributed by atoms with Gasteiger partial charge in [-0.3, -0.25) is 0 Å². The van der Waals surface area contributed by atoms with Gasteiger partial charge in [0.05, 0.1) is 13.2 Å². The van der Waals surface area contributed by atoms with E-state index >= 15 is 0 Å². The molecule has 0 bridgehead atoms. The van der Waals surface area contributed by atoms with Crippen LogP contribution in [0.15, 0.2) is 0 Å². The molecule has 3 nitrogen and oxygen atoms in total. The van der Waals surface area contributed by atoms with Crippen molar-refractivity contribution >= 4 is 0 Å². The van der Waals surface area contributed by atoms with Crippen molar-refractivity contribution in [1.82, 2.24) is 5.32 Å². The Hall–Kier alpha value is -0.120. The van der Waals surface area contributed by atoms with Crippen molar-refractivity contribution in [2.45, 2.75) is 32.7 Å². The lowest BCUT2D eigenvalue weighted by molar-refractivity contribution is -0.0483. The van der Waals surface area contributed by atoms with Crippen LogP contribution in [-0.4, -0.2) is 39.5 Å². The Labute approximate surface area is 87.2 Å². The number of nitrogens with one attached hydrogen (secondary N) is 1. The second-order valence-corrected chi connectivity index (χ2v) is 4.62. The van der Waals surface area contributed by atoms with Crippen LogP contribution < -0.4 is 5.32 Å². The summed E-state index contributed by atoms with van der Waals surface area (Å²) in [6.45, 7) is 7.88. The Morgan fingerprint density at radius 1 is 1.50 bits per heavy atom. The summed E-state index contributed by atoms with van der Waals surface area (Å²) in [5.74, 6) is 0. The second kappa shape index (κ2) is 5.69. The molecule has 1 rings (SSSR count). The van der Waals surface area contributed by atoms with Crippen LogP contribution in [-0.2, 0) is 9.47 Å². The summed E-state index contributed by atoms with van der Waals surface area (Å²) in [5, 5.41) is 3.48. The quantitative estimate of drug-likeness (QED) is 0.730. The van der Waals surface area contributed by atoms with Crippen molar-refractivity contribution in [2.75, 3.05) is 33.5 Å². The van der Waals surface area contributed by atoms with E-state index < -0.39 is 0 Å². The third-order valence-electron chi connectivity index (χ3n) is 2.74. The minimum Gasteiger partial charge on any atom is -0.384 e. The number of ether oxygens (including phenoxy) is 2. The Kier molecular flexibility index (Phi) is 4.85. The smallest absolute Gasteiger partial charge is 0.0556 e. The molecule has 1 N–H and O–H groups in total. The minimum absolute atomic E-state index is 0.206. The number of methoxy groups -OCH3 is 1. The van der Waals surface area contributed by atoms with E-state index in [2.05, 4.69) is 19.2 Å². The monoisotopic (exact) mass is 201 g/mol. The van der Waals surface area contributed by atoms with Crippen molar-refractivity contribution in [2.24, 2.45) is 5.41 Å². The Balaban J connectivity index is 2.42. The first-order valence-electron chi connectivity index (χ1n) is 5.49. The molecule has 1 aliphatic heterocycles. The van der Waals surface area contributed by atoms with E-state index in [9.17, 15) is 0 Å². The lowest BCUT2D eigenvalue weighted by atomic mass is 9.83. The van der Waals surface area contributed by atoms with Crippen LogP contribution in [0, 0.1) is 5.41 Å². The maximum absolute atomic E-state index is 5.55. The van der Waals surface area contributed by atoms with Gasteiger partial charge in [0.15, 0.2) is 0 Å². The summed E-state index contributed by atoms with van der Waals surface area (Å²) in [6.07, 6.45) is 2.36. The van der Waals surface area contributed by atoms with E-state index in [4.69, 9.17) is 9.47 Å². The molecule has 0 spiro atoms.